The summed E-state index contributed by atoms with van der Waals surface area (Å²) in [4.78, 5) is 13.0. The van der Waals surface area contributed by atoms with E-state index < -0.39 is 16.1 Å². The Labute approximate surface area is 168 Å². The predicted molar refractivity (Wildman–Crippen MR) is 115 cm³/mol. The van der Waals surface area contributed by atoms with E-state index >= 15 is 0 Å². The van der Waals surface area contributed by atoms with Crippen molar-refractivity contribution >= 4 is 21.6 Å². The molecule has 0 aromatic heterocycles. The maximum absolute atomic E-state index is 13.0. The van der Waals surface area contributed by atoms with Crippen LogP contribution < -0.4 is 9.62 Å². The molecule has 1 N–H and O–H groups in total. The number of nitrogens with one attached hydrogen (secondary N) is 1. The molecule has 0 heterocycles. The highest BCUT2D eigenvalue weighted by molar-refractivity contribution is 7.92. The lowest BCUT2D eigenvalue weighted by atomic mass is 9.97. The van der Waals surface area contributed by atoms with Crippen molar-refractivity contribution in [2.24, 2.45) is 0 Å². The quantitative estimate of drug-likeness (QED) is 0.760. The van der Waals surface area contributed by atoms with Crippen molar-refractivity contribution in [1.29, 1.82) is 0 Å². The fourth-order valence-electron chi connectivity index (χ4n) is 3.41. The van der Waals surface area contributed by atoms with Crippen LogP contribution in [0.5, 0.6) is 0 Å². The SMILES string of the molecule is CC[C@@H](NC(=O)[C@H](C)N(c1ccc(C)cc1)S(C)(=O)=O)c1ccc(C)cc1C. The first-order valence-electron chi connectivity index (χ1n) is 9.48. The molecule has 152 valence electrons. The Bertz CT molecular complexity index is 937. The second-order valence-electron chi connectivity index (χ2n) is 7.40. The fraction of sp³-hybridized carbons (Fsp3) is 0.409. The molecule has 0 radical (unpaired) electrons. The van der Waals surface area contributed by atoms with Gasteiger partial charge in [0.1, 0.15) is 6.04 Å². The van der Waals surface area contributed by atoms with Crippen LogP contribution in [0.25, 0.3) is 0 Å². The molecule has 2 atom stereocenters. The van der Waals surface area contributed by atoms with E-state index in [4.69, 9.17) is 0 Å². The summed E-state index contributed by atoms with van der Waals surface area (Å²) in [5.41, 5.74) is 4.83. The Kier molecular flexibility index (Phi) is 6.88. The number of benzene rings is 2. The smallest absolute Gasteiger partial charge is 0.244 e. The second-order valence-corrected chi connectivity index (χ2v) is 9.26. The van der Waals surface area contributed by atoms with Crippen LogP contribution in [0.1, 0.15) is 48.6 Å². The maximum atomic E-state index is 13.0. The molecule has 0 aliphatic rings. The lowest BCUT2D eigenvalue weighted by Gasteiger charge is -2.30. The summed E-state index contributed by atoms with van der Waals surface area (Å²) in [6.45, 7) is 9.61. The molecule has 0 aliphatic carbocycles. The molecule has 0 saturated carbocycles. The highest BCUT2D eigenvalue weighted by Crippen LogP contribution is 2.24. The van der Waals surface area contributed by atoms with Gasteiger partial charge >= 0.3 is 0 Å². The van der Waals surface area contributed by atoms with Gasteiger partial charge in [-0.3, -0.25) is 9.10 Å². The minimum absolute atomic E-state index is 0.171. The Morgan fingerprint density at radius 2 is 1.61 bits per heavy atom. The van der Waals surface area contributed by atoms with E-state index in [0.29, 0.717) is 12.1 Å². The molecule has 0 unspecified atom stereocenters. The van der Waals surface area contributed by atoms with Gasteiger partial charge in [0.25, 0.3) is 0 Å². The zero-order chi connectivity index (χ0) is 21.1. The molecule has 0 spiro atoms. The van der Waals surface area contributed by atoms with Crippen molar-refractivity contribution in [2.45, 2.75) is 53.1 Å². The molecule has 2 rings (SSSR count). The van der Waals surface area contributed by atoms with Crippen LogP contribution in [0.15, 0.2) is 42.5 Å². The van der Waals surface area contributed by atoms with Crippen molar-refractivity contribution in [2.75, 3.05) is 10.6 Å². The summed E-state index contributed by atoms with van der Waals surface area (Å²) >= 11 is 0. The van der Waals surface area contributed by atoms with Gasteiger partial charge in [0.2, 0.25) is 15.9 Å². The number of rotatable bonds is 7. The zero-order valence-corrected chi connectivity index (χ0v) is 18.3. The number of anilines is 1. The van der Waals surface area contributed by atoms with E-state index in [2.05, 4.69) is 11.4 Å². The van der Waals surface area contributed by atoms with Crippen LogP contribution in [0, 0.1) is 20.8 Å². The summed E-state index contributed by atoms with van der Waals surface area (Å²) in [6, 6.07) is 12.2. The number of carbonyl (C=O) groups excluding carboxylic acids is 1. The third kappa shape index (κ3) is 5.13. The minimum Gasteiger partial charge on any atom is -0.347 e. The Morgan fingerprint density at radius 1 is 1.04 bits per heavy atom. The summed E-state index contributed by atoms with van der Waals surface area (Å²) in [5, 5.41) is 3.03. The standard InChI is InChI=1S/C22H30N2O3S/c1-7-21(20-13-10-16(3)14-17(20)4)23-22(25)18(5)24(28(6,26)27)19-11-8-15(2)9-12-19/h8-14,18,21H,7H2,1-6H3,(H,23,25)/t18-,21+/m0/s1. The Morgan fingerprint density at radius 3 is 2.11 bits per heavy atom. The lowest BCUT2D eigenvalue weighted by Crippen LogP contribution is -2.48. The molecule has 6 heteroatoms. The van der Waals surface area contributed by atoms with E-state index in [1.807, 2.05) is 52.0 Å². The van der Waals surface area contributed by atoms with Gasteiger partial charge in [0.15, 0.2) is 0 Å². The molecule has 0 saturated heterocycles. The molecular formula is C22H30N2O3S. The third-order valence-electron chi connectivity index (χ3n) is 4.90. The zero-order valence-electron chi connectivity index (χ0n) is 17.5. The average Bonchev–Trinajstić information content (AvgIpc) is 2.60. The van der Waals surface area contributed by atoms with Crippen molar-refractivity contribution in [3.05, 3.63) is 64.7 Å². The number of sulfonamides is 1. The maximum Gasteiger partial charge on any atom is 0.244 e. The first kappa shape index (κ1) is 22.0. The predicted octanol–water partition coefficient (Wildman–Crippen LogP) is 4.03. The second kappa shape index (κ2) is 8.78. The van der Waals surface area contributed by atoms with Gasteiger partial charge < -0.3 is 5.32 Å². The van der Waals surface area contributed by atoms with E-state index in [-0.39, 0.29) is 11.9 Å². The lowest BCUT2D eigenvalue weighted by molar-refractivity contribution is -0.122. The van der Waals surface area contributed by atoms with Gasteiger partial charge in [0.05, 0.1) is 18.0 Å². The van der Waals surface area contributed by atoms with Gasteiger partial charge in [-0.25, -0.2) is 8.42 Å². The van der Waals surface area contributed by atoms with E-state index in [1.165, 1.54) is 9.87 Å². The van der Waals surface area contributed by atoms with Gasteiger partial charge in [-0.05, 0) is 57.4 Å². The van der Waals surface area contributed by atoms with Crippen LogP contribution in [-0.2, 0) is 14.8 Å². The van der Waals surface area contributed by atoms with E-state index in [9.17, 15) is 13.2 Å². The fourth-order valence-corrected chi connectivity index (χ4v) is 4.58. The van der Waals surface area contributed by atoms with Crippen LogP contribution in [0.3, 0.4) is 0 Å². The molecule has 2 aromatic rings. The first-order chi connectivity index (χ1) is 13.0. The van der Waals surface area contributed by atoms with Crippen molar-refractivity contribution in [3.63, 3.8) is 0 Å². The summed E-state index contributed by atoms with van der Waals surface area (Å²) in [5.74, 6) is -0.321. The van der Waals surface area contributed by atoms with Crippen molar-refractivity contribution in [3.8, 4) is 0 Å². The summed E-state index contributed by atoms with van der Waals surface area (Å²) in [6.07, 6.45) is 1.84. The monoisotopic (exact) mass is 402 g/mol. The normalized spacial score (nSPS) is 13.6. The Hall–Kier alpha value is -2.34. The number of amides is 1. The summed E-state index contributed by atoms with van der Waals surface area (Å²) < 4.78 is 26.0. The summed E-state index contributed by atoms with van der Waals surface area (Å²) in [7, 11) is -3.62. The molecule has 28 heavy (non-hydrogen) atoms. The van der Waals surface area contributed by atoms with Crippen LogP contribution in [-0.4, -0.2) is 26.6 Å². The molecule has 0 fully saturated rings. The molecule has 0 bridgehead atoms. The van der Waals surface area contributed by atoms with Crippen LogP contribution in [0.4, 0.5) is 5.69 Å². The van der Waals surface area contributed by atoms with Crippen LogP contribution in [0.2, 0.25) is 0 Å². The molecule has 1 amide bonds. The van der Waals surface area contributed by atoms with E-state index in [1.54, 1.807) is 19.1 Å². The molecular weight excluding hydrogens is 372 g/mol. The van der Waals surface area contributed by atoms with Gasteiger partial charge in [0, 0.05) is 0 Å². The highest BCUT2D eigenvalue weighted by Gasteiger charge is 2.30. The number of nitrogens with zero attached hydrogens (tertiary/aromatic N) is 1. The first-order valence-corrected chi connectivity index (χ1v) is 11.3. The number of hydrogen-bond donors (Lipinski definition) is 1. The minimum atomic E-state index is -3.62. The van der Waals surface area contributed by atoms with Gasteiger partial charge in [-0.15, -0.1) is 0 Å². The Balaban J connectivity index is 2.30. The van der Waals surface area contributed by atoms with Crippen molar-refractivity contribution in [1.82, 2.24) is 5.32 Å². The topological polar surface area (TPSA) is 66.5 Å². The average molecular weight is 403 g/mol. The van der Waals surface area contributed by atoms with Crippen LogP contribution >= 0.6 is 0 Å². The largest absolute Gasteiger partial charge is 0.347 e. The number of carbonyl (C=O) groups is 1. The molecule has 5 nitrogen and oxygen atoms in total. The molecule has 2 aromatic carbocycles. The van der Waals surface area contributed by atoms with Crippen molar-refractivity contribution < 1.29 is 13.2 Å². The molecule has 0 aliphatic heterocycles. The van der Waals surface area contributed by atoms with Gasteiger partial charge in [-0.2, -0.15) is 0 Å². The number of hydrogen-bond acceptors (Lipinski definition) is 3. The third-order valence-corrected chi connectivity index (χ3v) is 6.14. The van der Waals surface area contributed by atoms with E-state index in [0.717, 1.165) is 22.9 Å². The highest BCUT2D eigenvalue weighted by atomic mass is 32.2. The number of aryl methyl sites for hydroxylation is 3. The van der Waals surface area contributed by atoms with Gasteiger partial charge in [-0.1, -0.05) is 48.4 Å².